The van der Waals surface area contributed by atoms with Crippen LogP contribution < -0.4 is 15.1 Å². The molecule has 0 radical (unpaired) electrons. The van der Waals surface area contributed by atoms with Gasteiger partial charge in [-0.3, -0.25) is 9.78 Å². The number of carbonyl (C=O) groups excluding carboxylic acids is 2. The zero-order valence-electron chi connectivity index (χ0n) is 14.7. The highest BCUT2D eigenvalue weighted by Gasteiger charge is 2.45. The van der Waals surface area contributed by atoms with E-state index in [-0.39, 0.29) is 11.9 Å². The number of nitrogens with one attached hydrogen (secondary N) is 1. The number of aromatic nitrogens is 1. The second-order valence-corrected chi connectivity index (χ2v) is 8.08. The Labute approximate surface area is 166 Å². The van der Waals surface area contributed by atoms with Crippen LogP contribution >= 0.6 is 23.4 Å². The van der Waals surface area contributed by atoms with Crippen LogP contribution in [0.2, 0.25) is 5.02 Å². The summed E-state index contributed by atoms with van der Waals surface area (Å²) in [7, 11) is 3.75. The largest absolute Gasteiger partial charge is 0.376 e. The molecule has 2 aliphatic heterocycles. The first-order chi connectivity index (χ1) is 13.0. The molecule has 2 unspecified atom stereocenters. The molecule has 6 nitrogen and oxygen atoms in total. The summed E-state index contributed by atoms with van der Waals surface area (Å²) in [5.74, 6) is -0.259. The van der Waals surface area contributed by atoms with E-state index in [0.717, 1.165) is 21.1 Å². The van der Waals surface area contributed by atoms with E-state index in [9.17, 15) is 9.59 Å². The topological polar surface area (TPSA) is 65.5 Å². The summed E-state index contributed by atoms with van der Waals surface area (Å²) in [6, 6.07) is 8.44. The van der Waals surface area contributed by atoms with Crippen molar-refractivity contribution in [2.75, 3.05) is 23.9 Å². The lowest BCUT2D eigenvalue weighted by Gasteiger charge is -2.33. The van der Waals surface area contributed by atoms with E-state index >= 15 is 0 Å². The van der Waals surface area contributed by atoms with Gasteiger partial charge in [0.1, 0.15) is 5.25 Å². The predicted molar refractivity (Wildman–Crippen MR) is 109 cm³/mol. The van der Waals surface area contributed by atoms with E-state index in [0.29, 0.717) is 10.7 Å². The molecule has 138 valence electrons. The molecule has 0 saturated carbocycles. The molecule has 0 bridgehead atoms. The van der Waals surface area contributed by atoms with E-state index in [1.54, 1.807) is 12.3 Å². The molecule has 1 N–H and O–H groups in total. The fraction of sp³-hybridized carbons (Fsp3) is 0.211. The maximum atomic E-state index is 13.1. The fourth-order valence-electron chi connectivity index (χ4n) is 3.10. The molecule has 1 aromatic carbocycles. The van der Waals surface area contributed by atoms with Gasteiger partial charge in [-0.2, -0.15) is 0 Å². The standard InChI is InChI=1S/C19H17ClN4O2S/c1-23(2)11-7-12(10-21-9-11)24-18(25)17-15(22-19(24)26)8-16(27-17)13-5-3-4-6-14(13)20/h3-10,15,17H,1-2H3,(H,22,26). The van der Waals surface area contributed by atoms with Crippen molar-refractivity contribution in [1.29, 1.82) is 0 Å². The number of hydrogen-bond acceptors (Lipinski definition) is 5. The third-order valence-corrected chi connectivity index (χ3v) is 6.18. The minimum atomic E-state index is -0.448. The van der Waals surface area contributed by atoms with Crippen LogP contribution in [0.1, 0.15) is 5.56 Å². The number of halogens is 1. The highest BCUT2D eigenvalue weighted by molar-refractivity contribution is 8.09. The van der Waals surface area contributed by atoms with Crippen molar-refractivity contribution in [3.05, 3.63) is 59.4 Å². The minimum Gasteiger partial charge on any atom is -0.376 e. The number of imide groups is 1. The van der Waals surface area contributed by atoms with Crippen LogP contribution in [0, 0.1) is 0 Å². The van der Waals surface area contributed by atoms with Crippen molar-refractivity contribution in [3.8, 4) is 0 Å². The number of benzene rings is 1. The Bertz CT molecular complexity index is 962. The highest BCUT2D eigenvalue weighted by Crippen LogP contribution is 2.44. The average Bonchev–Trinajstić information content (AvgIpc) is 3.06. The number of thioether (sulfide) groups is 1. The molecule has 2 atom stereocenters. The molecule has 1 aromatic heterocycles. The first kappa shape index (κ1) is 17.9. The molecule has 0 spiro atoms. The highest BCUT2D eigenvalue weighted by atomic mass is 35.5. The number of nitrogens with zero attached hydrogens (tertiary/aromatic N) is 3. The predicted octanol–water partition coefficient (Wildman–Crippen LogP) is 3.38. The van der Waals surface area contributed by atoms with Gasteiger partial charge in [0.2, 0.25) is 0 Å². The Morgan fingerprint density at radius 2 is 2.00 bits per heavy atom. The van der Waals surface area contributed by atoms with Gasteiger partial charge < -0.3 is 10.2 Å². The number of fused-ring (bicyclic) bond motifs is 1. The number of hydrogen-bond donors (Lipinski definition) is 1. The molecule has 3 amide bonds. The molecule has 2 aromatic rings. The quantitative estimate of drug-likeness (QED) is 0.855. The lowest BCUT2D eigenvalue weighted by atomic mass is 10.1. The molecule has 1 fully saturated rings. The molecule has 8 heteroatoms. The minimum absolute atomic E-state index is 0.259. The maximum absolute atomic E-state index is 13.1. The van der Waals surface area contributed by atoms with Crippen LogP contribution in [0.4, 0.5) is 16.2 Å². The van der Waals surface area contributed by atoms with E-state index in [4.69, 9.17) is 11.6 Å². The van der Waals surface area contributed by atoms with Gasteiger partial charge in [0, 0.05) is 29.6 Å². The zero-order valence-corrected chi connectivity index (χ0v) is 16.3. The summed E-state index contributed by atoms with van der Waals surface area (Å²) >= 11 is 7.71. The molecule has 4 rings (SSSR count). The van der Waals surface area contributed by atoms with Crippen LogP contribution in [0.25, 0.3) is 4.91 Å². The van der Waals surface area contributed by atoms with Gasteiger partial charge in [-0.25, -0.2) is 9.69 Å². The number of pyridine rings is 1. The van der Waals surface area contributed by atoms with Gasteiger partial charge in [0.05, 0.1) is 29.8 Å². The van der Waals surface area contributed by atoms with E-state index in [2.05, 4.69) is 10.3 Å². The Kier molecular flexibility index (Phi) is 4.57. The first-order valence-corrected chi connectivity index (χ1v) is 9.61. The maximum Gasteiger partial charge on any atom is 0.329 e. The number of amides is 3. The van der Waals surface area contributed by atoms with E-state index in [1.807, 2.05) is 49.3 Å². The summed E-state index contributed by atoms with van der Waals surface area (Å²) in [6.07, 6.45) is 5.10. The van der Waals surface area contributed by atoms with Gasteiger partial charge in [-0.1, -0.05) is 29.8 Å². The van der Waals surface area contributed by atoms with Crippen molar-refractivity contribution < 1.29 is 9.59 Å². The number of carbonyl (C=O) groups is 2. The van der Waals surface area contributed by atoms with Crippen molar-refractivity contribution in [2.45, 2.75) is 11.3 Å². The Hall–Kier alpha value is -2.51. The van der Waals surface area contributed by atoms with Gasteiger partial charge >= 0.3 is 6.03 Å². The molecular weight excluding hydrogens is 384 g/mol. The summed E-state index contributed by atoms with van der Waals surface area (Å²) in [6.45, 7) is 0. The molecule has 1 saturated heterocycles. The monoisotopic (exact) mass is 400 g/mol. The SMILES string of the molecule is CN(C)c1cncc(N2C(=O)NC3C=C(c4ccccc4Cl)SC3C2=O)c1. The summed E-state index contributed by atoms with van der Waals surface area (Å²) in [5, 5.41) is 3.10. The Morgan fingerprint density at radius 3 is 2.74 bits per heavy atom. The molecule has 3 heterocycles. The lowest BCUT2D eigenvalue weighted by Crippen LogP contribution is -2.60. The number of anilines is 2. The van der Waals surface area contributed by atoms with E-state index in [1.165, 1.54) is 18.0 Å². The van der Waals surface area contributed by atoms with E-state index < -0.39 is 11.3 Å². The van der Waals surface area contributed by atoms with Gasteiger partial charge in [-0.05, 0) is 18.2 Å². The smallest absolute Gasteiger partial charge is 0.329 e. The zero-order chi connectivity index (χ0) is 19.1. The van der Waals surface area contributed by atoms with Crippen LogP contribution in [-0.4, -0.2) is 42.3 Å². The van der Waals surface area contributed by atoms with Crippen LogP contribution in [0.15, 0.2) is 48.8 Å². The van der Waals surface area contributed by atoms with Crippen molar-refractivity contribution in [2.24, 2.45) is 0 Å². The third kappa shape index (κ3) is 3.17. The summed E-state index contributed by atoms with van der Waals surface area (Å²) < 4.78 is 0. The summed E-state index contributed by atoms with van der Waals surface area (Å²) in [4.78, 5) is 33.8. The lowest BCUT2D eigenvalue weighted by molar-refractivity contribution is -0.118. The average molecular weight is 401 g/mol. The molecule has 27 heavy (non-hydrogen) atoms. The van der Waals surface area contributed by atoms with Gasteiger partial charge in [0.25, 0.3) is 5.91 Å². The first-order valence-electron chi connectivity index (χ1n) is 8.36. The van der Waals surface area contributed by atoms with Crippen LogP contribution in [-0.2, 0) is 4.79 Å². The normalized spacial score (nSPS) is 21.6. The number of urea groups is 1. The second kappa shape index (κ2) is 6.90. The molecule has 0 aliphatic carbocycles. The van der Waals surface area contributed by atoms with Crippen molar-refractivity contribution in [3.63, 3.8) is 0 Å². The molecular formula is C19H17ClN4O2S. The second-order valence-electron chi connectivity index (χ2n) is 6.49. The van der Waals surface area contributed by atoms with Gasteiger partial charge in [-0.15, -0.1) is 11.8 Å². The van der Waals surface area contributed by atoms with Crippen LogP contribution in [0.3, 0.4) is 0 Å². The van der Waals surface area contributed by atoms with Crippen molar-refractivity contribution in [1.82, 2.24) is 10.3 Å². The summed E-state index contributed by atoms with van der Waals surface area (Å²) in [5.41, 5.74) is 2.13. The van der Waals surface area contributed by atoms with Gasteiger partial charge in [0.15, 0.2) is 0 Å². The number of rotatable bonds is 3. The Morgan fingerprint density at radius 1 is 1.22 bits per heavy atom. The third-order valence-electron chi connectivity index (χ3n) is 4.49. The Balaban J connectivity index is 1.63. The van der Waals surface area contributed by atoms with Crippen molar-refractivity contribution >= 4 is 51.6 Å². The molecule has 2 aliphatic rings. The van der Waals surface area contributed by atoms with Crippen LogP contribution in [0.5, 0.6) is 0 Å². The fourth-order valence-corrected chi connectivity index (χ4v) is 4.69.